The number of imide groups is 1. The Balaban J connectivity index is 1.74. The van der Waals surface area contributed by atoms with Crippen molar-refractivity contribution in [1.82, 2.24) is 5.01 Å². The minimum atomic E-state index is -0.340. The quantitative estimate of drug-likeness (QED) is 0.617. The number of para-hydroxylation sites is 1. The number of nitrogens with zero attached hydrogens (tertiary/aromatic N) is 2. The van der Waals surface area contributed by atoms with Gasteiger partial charge in [-0.3, -0.25) is 14.4 Å². The van der Waals surface area contributed by atoms with Gasteiger partial charge in [-0.1, -0.05) is 30.4 Å². The second-order valence-corrected chi connectivity index (χ2v) is 6.15. The molecule has 0 N–H and O–H groups in total. The van der Waals surface area contributed by atoms with Gasteiger partial charge in [-0.05, 0) is 30.4 Å². The van der Waals surface area contributed by atoms with Crippen LogP contribution in [0.25, 0.3) is 0 Å². The molecule has 1 aromatic carbocycles. The monoisotopic (exact) mass is 296 g/mol. The Morgan fingerprint density at radius 3 is 2.09 bits per heavy atom. The molecule has 1 aromatic rings. The molecule has 5 nitrogen and oxygen atoms in total. The molecule has 3 amide bonds. The standard InChI is InChI=1S/C17H16N2O3/c1-10(20)18(13-5-3-2-4-6-13)19-16(21)14-11-7-8-12(9-11)15(14)17(19)22/h2-8,11-12,14-15H,9H2,1H3/t11-,12-,14-,15+/m0/s1. The Kier molecular flexibility index (Phi) is 2.73. The molecule has 3 aliphatic rings. The SMILES string of the molecule is CC(=O)N(c1ccccc1)N1C(=O)[C@@H]2[C@H](C1=O)[C@H]1C=C[C@H]2C1. The first kappa shape index (κ1) is 13.2. The van der Waals surface area contributed by atoms with Crippen LogP contribution in [0.15, 0.2) is 42.5 Å². The van der Waals surface area contributed by atoms with Gasteiger partial charge in [-0.2, -0.15) is 5.01 Å². The first-order chi connectivity index (χ1) is 10.6. The molecule has 2 fully saturated rings. The van der Waals surface area contributed by atoms with Crippen LogP contribution in [0.3, 0.4) is 0 Å². The molecule has 1 heterocycles. The smallest absolute Gasteiger partial charge is 0.253 e. The lowest BCUT2D eigenvalue weighted by molar-refractivity contribution is -0.145. The molecule has 2 aliphatic carbocycles. The highest BCUT2D eigenvalue weighted by molar-refractivity contribution is 6.11. The van der Waals surface area contributed by atoms with Crippen LogP contribution in [-0.2, 0) is 14.4 Å². The average Bonchev–Trinajstić information content (AvgIpc) is 3.18. The predicted molar refractivity (Wildman–Crippen MR) is 79.2 cm³/mol. The zero-order valence-corrected chi connectivity index (χ0v) is 12.2. The van der Waals surface area contributed by atoms with Gasteiger partial charge >= 0.3 is 0 Å². The number of hydrogen-bond donors (Lipinski definition) is 0. The molecule has 4 rings (SSSR count). The summed E-state index contributed by atoms with van der Waals surface area (Å²) in [5.74, 6) is -1.15. The van der Waals surface area contributed by atoms with E-state index in [4.69, 9.17) is 0 Å². The Hall–Kier alpha value is -2.43. The van der Waals surface area contributed by atoms with E-state index in [2.05, 4.69) is 0 Å². The van der Waals surface area contributed by atoms with E-state index in [9.17, 15) is 14.4 Å². The number of rotatable bonds is 2. The van der Waals surface area contributed by atoms with Crippen LogP contribution in [0.5, 0.6) is 0 Å². The number of fused-ring (bicyclic) bond motifs is 5. The summed E-state index contributed by atoms with van der Waals surface area (Å²) >= 11 is 0. The molecule has 112 valence electrons. The molecule has 22 heavy (non-hydrogen) atoms. The van der Waals surface area contributed by atoms with Crippen molar-refractivity contribution in [2.75, 3.05) is 5.01 Å². The molecule has 1 saturated heterocycles. The lowest BCUT2D eigenvalue weighted by Crippen LogP contribution is -2.50. The summed E-state index contributed by atoms with van der Waals surface area (Å²) < 4.78 is 0. The molecule has 2 bridgehead atoms. The summed E-state index contributed by atoms with van der Waals surface area (Å²) in [5.41, 5.74) is 0.539. The second-order valence-electron chi connectivity index (χ2n) is 6.15. The molecular formula is C17H16N2O3. The minimum Gasteiger partial charge on any atom is -0.273 e. The number of carbonyl (C=O) groups is 3. The molecule has 5 heteroatoms. The molecule has 1 aliphatic heterocycles. The van der Waals surface area contributed by atoms with Crippen molar-refractivity contribution in [1.29, 1.82) is 0 Å². The number of hydrazine groups is 1. The largest absolute Gasteiger partial charge is 0.273 e. The van der Waals surface area contributed by atoms with Crippen LogP contribution in [0.1, 0.15) is 13.3 Å². The molecule has 4 atom stereocenters. The van der Waals surface area contributed by atoms with Crippen molar-refractivity contribution < 1.29 is 14.4 Å². The number of carbonyl (C=O) groups excluding carboxylic acids is 3. The van der Waals surface area contributed by atoms with Gasteiger partial charge in [0.05, 0.1) is 17.5 Å². The molecule has 0 radical (unpaired) electrons. The highest BCUT2D eigenvalue weighted by Gasteiger charge is 2.61. The van der Waals surface area contributed by atoms with Crippen molar-refractivity contribution in [3.05, 3.63) is 42.5 Å². The molecule has 0 aromatic heterocycles. The number of amides is 3. The minimum absolute atomic E-state index is 0.140. The van der Waals surface area contributed by atoms with Crippen LogP contribution >= 0.6 is 0 Å². The Bertz CT molecular complexity index is 667. The van der Waals surface area contributed by atoms with Crippen LogP contribution < -0.4 is 5.01 Å². The maximum absolute atomic E-state index is 12.8. The van der Waals surface area contributed by atoms with E-state index < -0.39 is 0 Å². The van der Waals surface area contributed by atoms with Gasteiger partial charge < -0.3 is 0 Å². The van der Waals surface area contributed by atoms with Crippen molar-refractivity contribution in [2.24, 2.45) is 23.7 Å². The van der Waals surface area contributed by atoms with Crippen molar-refractivity contribution in [3.63, 3.8) is 0 Å². The molecular weight excluding hydrogens is 280 g/mol. The fourth-order valence-electron chi connectivity index (χ4n) is 4.09. The topological polar surface area (TPSA) is 57.7 Å². The van der Waals surface area contributed by atoms with E-state index >= 15 is 0 Å². The second kappa shape index (κ2) is 4.53. The normalized spacial score (nSPS) is 31.8. The first-order valence-electron chi connectivity index (χ1n) is 7.51. The van der Waals surface area contributed by atoms with E-state index in [1.807, 2.05) is 18.2 Å². The van der Waals surface area contributed by atoms with E-state index in [0.29, 0.717) is 5.69 Å². The molecule has 0 unspecified atom stereocenters. The molecule has 1 saturated carbocycles. The van der Waals surface area contributed by atoms with Gasteiger partial charge in [-0.15, -0.1) is 0 Å². The van der Waals surface area contributed by atoms with E-state index in [-0.39, 0.29) is 41.4 Å². The third-order valence-corrected chi connectivity index (χ3v) is 4.95. The fraction of sp³-hybridized carbons (Fsp3) is 0.353. The third kappa shape index (κ3) is 1.62. The van der Waals surface area contributed by atoms with Crippen molar-refractivity contribution in [3.8, 4) is 0 Å². The van der Waals surface area contributed by atoms with Gasteiger partial charge in [0, 0.05) is 6.92 Å². The lowest BCUT2D eigenvalue weighted by atomic mass is 9.85. The van der Waals surface area contributed by atoms with Crippen LogP contribution in [0.2, 0.25) is 0 Å². The summed E-state index contributed by atoms with van der Waals surface area (Å²) in [6.45, 7) is 1.37. The van der Waals surface area contributed by atoms with Crippen LogP contribution in [0, 0.1) is 23.7 Å². The van der Waals surface area contributed by atoms with Crippen molar-refractivity contribution in [2.45, 2.75) is 13.3 Å². The Morgan fingerprint density at radius 2 is 1.59 bits per heavy atom. The maximum atomic E-state index is 12.8. The zero-order valence-electron chi connectivity index (χ0n) is 12.2. The highest BCUT2D eigenvalue weighted by Crippen LogP contribution is 2.52. The fourth-order valence-corrected chi connectivity index (χ4v) is 4.09. The highest BCUT2D eigenvalue weighted by atomic mass is 16.2. The Labute approximate surface area is 128 Å². The van der Waals surface area contributed by atoms with Gasteiger partial charge in [0.2, 0.25) is 5.91 Å². The van der Waals surface area contributed by atoms with Crippen molar-refractivity contribution >= 4 is 23.4 Å². The predicted octanol–water partition coefficient (Wildman–Crippen LogP) is 1.76. The van der Waals surface area contributed by atoms with Gasteiger partial charge in [0.25, 0.3) is 11.8 Å². The van der Waals surface area contributed by atoms with E-state index in [0.717, 1.165) is 11.4 Å². The van der Waals surface area contributed by atoms with E-state index in [1.165, 1.54) is 11.9 Å². The number of anilines is 1. The summed E-state index contributed by atoms with van der Waals surface area (Å²) in [6.07, 6.45) is 4.97. The van der Waals surface area contributed by atoms with Gasteiger partial charge in [-0.25, -0.2) is 5.01 Å². The summed E-state index contributed by atoms with van der Waals surface area (Å²) in [4.78, 5) is 37.7. The van der Waals surface area contributed by atoms with Crippen LogP contribution in [-0.4, -0.2) is 22.7 Å². The maximum Gasteiger partial charge on any atom is 0.253 e. The van der Waals surface area contributed by atoms with Gasteiger partial charge in [0.1, 0.15) is 0 Å². The number of allylic oxidation sites excluding steroid dienone is 2. The third-order valence-electron chi connectivity index (χ3n) is 4.95. The molecule has 0 spiro atoms. The van der Waals surface area contributed by atoms with Crippen LogP contribution in [0.4, 0.5) is 5.69 Å². The lowest BCUT2D eigenvalue weighted by Gasteiger charge is -2.30. The Morgan fingerprint density at radius 1 is 1.05 bits per heavy atom. The zero-order chi connectivity index (χ0) is 15.4. The number of hydrogen-bond acceptors (Lipinski definition) is 3. The first-order valence-corrected chi connectivity index (χ1v) is 7.51. The number of benzene rings is 1. The summed E-state index contributed by atoms with van der Waals surface area (Å²) in [6, 6.07) is 8.84. The summed E-state index contributed by atoms with van der Waals surface area (Å²) in [7, 11) is 0. The average molecular weight is 296 g/mol. The van der Waals surface area contributed by atoms with Gasteiger partial charge in [0.15, 0.2) is 0 Å². The van der Waals surface area contributed by atoms with E-state index in [1.54, 1.807) is 24.3 Å². The summed E-state index contributed by atoms with van der Waals surface area (Å²) in [5, 5.41) is 2.28.